The first-order chi connectivity index (χ1) is 30.5. The molecule has 6 aromatic rings. The summed E-state index contributed by atoms with van der Waals surface area (Å²) in [5, 5.41) is 6.09. The number of amides is 2. The van der Waals surface area contributed by atoms with E-state index in [1.807, 2.05) is 80.6 Å². The fourth-order valence-corrected chi connectivity index (χ4v) is 7.86. The minimum atomic E-state index is -0.302. The van der Waals surface area contributed by atoms with Crippen LogP contribution in [0.1, 0.15) is 57.8 Å². The third-order valence-corrected chi connectivity index (χ3v) is 11.3. The van der Waals surface area contributed by atoms with Gasteiger partial charge in [0.1, 0.15) is 34.6 Å². The largest absolute Gasteiger partial charge is 0.457 e. The first kappa shape index (κ1) is 47.0. The molecule has 334 valence electrons. The van der Waals surface area contributed by atoms with Crippen LogP contribution in [0.5, 0.6) is 23.0 Å². The molecule has 2 aliphatic heterocycles. The number of carbonyl (C=O) groups excluding carboxylic acids is 2. The van der Waals surface area contributed by atoms with Crippen molar-refractivity contribution in [2.75, 3.05) is 59.4 Å². The van der Waals surface area contributed by atoms with E-state index in [1.165, 1.54) is 63.0 Å². The van der Waals surface area contributed by atoms with Crippen LogP contribution in [0.2, 0.25) is 0 Å². The summed E-state index contributed by atoms with van der Waals surface area (Å²) in [5.41, 5.74) is 6.05. The Hall–Kier alpha value is -6.50. The summed E-state index contributed by atoms with van der Waals surface area (Å²) in [6, 6.07) is 34.0. The van der Waals surface area contributed by atoms with Gasteiger partial charge in [0, 0.05) is 59.6 Å². The van der Waals surface area contributed by atoms with Gasteiger partial charge in [-0.25, -0.2) is 8.78 Å². The molecule has 0 spiro atoms. The van der Waals surface area contributed by atoms with Gasteiger partial charge in [-0.15, -0.1) is 0 Å². The van der Waals surface area contributed by atoms with Crippen molar-refractivity contribution in [2.45, 2.75) is 39.5 Å². The number of likely N-dealkylation sites (tertiary alicyclic amines) is 2. The molecule has 0 atom stereocenters. The molecule has 2 fully saturated rings. The number of halogens is 2. The fraction of sp³-hybridized carbons (Fsp3) is 0.288. The number of nitrogens with one attached hydrogen (secondary N) is 2. The predicted octanol–water partition coefficient (Wildman–Crippen LogP) is 10.2. The van der Waals surface area contributed by atoms with E-state index in [0.29, 0.717) is 47.2 Å². The van der Waals surface area contributed by atoms with Crippen molar-refractivity contribution in [2.24, 2.45) is 0 Å². The first-order valence-electron chi connectivity index (χ1n) is 21.6. The second kappa shape index (κ2) is 22.2. The van der Waals surface area contributed by atoms with Crippen LogP contribution in [0.15, 0.2) is 121 Å². The summed E-state index contributed by atoms with van der Waals surface area (Å²) < 4.78 is 38.6. The standard InChI is InChI=1S/C26H28FN3O2.C25H26FN3O2.CH3/c1-19-17-21(26(31)28-13-16-30(2)14-3-4-15-30)18-25(29-19)20-5-9-23(10-6-20)32-24-11-7-22(27)8-12-24;1-18-16-20(25(30)27-12-15-29-13-2-3-14-29)17-24(28-18)19-4-8-22(9-5-19)31-23-10-6-21(26)7-11-23;/h5-12,17-18H,3-4,13-16H2,1-2H3;4-11,16-17H,2-3,12-15H2,1H3,(H,27,30);1H3/q;;-1/p+1. The lowest BCUT2D eigenvalue weighted by molar-refractivity contribution is -0.896. The van der Waals surface area contributed by atoms with Crippen molar-refractivity contribution in [3.63, 3.8) is 0 Å². The molecule has 2 amide bonds. The molecular formula is C52H58F2N6O4. The van der Waals surface area contributed by atoms with Crippen molar-refractivity contribution in [1.82, 2.24) is 25.5 Å². The Morgan fingerprint density at radius 1 is 0.594 bits per heavy atom. The van der Waals surface area contributed by atoms with Crippen LogP contribution in [0.4, 0.5) is 8.78 Å². The van der Waals surface area contributed by atoms with Crippen LogP contribution >= 0.6 is 0 Å². The quantitative estimate of drug-likeness (QED) is 0.0830. The topological polar surface area (TPSA) is 106 Å². The van der Waals surface area contributed by atoms with Gasteiger partial charge in [-0.1, -0.05) is 0 Å². The van der Waals surface area contributed by atoms with Gasteiger partial charge >= 0.3 is 0 Å². The third-order valence-electron chi connectivity index (χ3n) is 11.3. The number of quaternary nitrogens is 1. The molecule has 2 aliphatic rings. The lowest BCUT2D eigenvalue weighted by Crippen LogP contribution is -2.46. The second-order valence-corrected chi connectivity index (χ2v) is 16.5. The van der Waals surface area contributed by atoms with E-state index in [-0.39, 0.29) is 30.9 Å². The summed E-state index contributed by atoms with van der Waals surface area (Å²) in [6.07, 6.45) is 5.03. The molecule has 0 aliphatic carbocycles. The number of pyridine rings is 2. The highest BCUT2D eigenvalue weighted by Crippen LogP contribution is 2.28. The lowest BCUT2D eigenvalue weighted by Gasteiger charge is -2.29. The van der Waals surface area contributed by atoms with Gasteiger partial charge in [0.15, 0.2) is 0 Å². The van der Waals surface area contributed by atoms with Crippen LogP contribution in [0.3, 0.4) is 0 Å². The molecule has 12 heteroatoms. The molecule has 0 bridgehead atoms. The van der Waals surface area contributed by atoms with Gasteiger partial charge in [-0.3, -0.25) is 19.6 Å². The first-order valence-corrected chi connectivity index (χ1v) is 21.6. The Labute approximate surface area is 375 Å². The predicted molar refractivity (Wildman–Crippen MR) is 249 cm³/mol. The maximum atomic E-state index is 13.1. The maximum Gasteiger partial charge on any atom is 0.251 e. The molecule has 0 saturated carbocycles. The van der Waals surface area contributed by atoms with Crippen LogP contribution < -0.4 is 20.1 Å². The molecule has 64 heavy (non-hydrogen) atoms. The lowest BCUT2D eigenvalue weighted by atomic mass is 10.1. The van der Waals surface area contributed by atoms with Crippen molar-refractivity contribution < 1.29 is 32.3 Å². The third kappa shape index (κ3) is 13.5. The molecule has 2 aromatic heterocycles. The van der Waals surface area contributed by atoms with E-state index in [2.05, 4.69) is 32.5 Å². The van der Waals surface area contributed by atoms with Gasteiger partial charge in [0.05, 0.1) is 44.6 Å². The number of hydrogen-bond donors (Lipinski definition) is 2. The second-order valence-electron chi connectivity index (χ2n) is 16.5. The number of carbonyl (C=O) groups is 2. The zero-order valence-corrected chi connectivity index (χ0v) is 37.2. The van der Waals surface area contributed by atoms with E-state index < -0.39 is 0 Å². The Balaban J connectivity index is 0.000000209. The Morgan fingerprint density at radius 2 is 0.984 bits per heavy atom. The average molecular weight is 869 g/mol. The number of aryl methyl sites for hydroxylation is 2. The van der Waals surface area contributed by atoms with E-state index in [4.69, 9.17) is 9.47 Å². The highest BCUT2D eigenvalue weighted by Gasteiger charge is 2.26. The minimum Gasteiger partial charge on any atom is -0.457 e. The minimum absolute atomic E-state index is 0. The smallest absolute Gasteiger partial charge is 0.251 e. The SMILES string of the molecule is Cc1cc(C(=O)NCCN2CCCC2)cc(-c2ccc(Oc3ccc(F)cc3)cc2)n1.Cc1cc(C(=O)NCC[N+]2(C)CCCC2)cc(-c2ccc(Oc3ccc(F)cc3)cc2)n1.[CH3-]. The molecule has 2 N–H and O–H groups in total. The van der Waals surface area contributed by atoms with E-state index in [1.54, 1.807) is 30.3 Å². The number of benzene rings is 4. The number of nitrogens with zero attached hydrogens (tertiary/aromatic N) is 4. The van der Waals surface area contributed by atoms with Gasteiger partial charge < -0.3 is 36.9 Å². The monoisotopic (exact) mass is 868 g/mol. The van der Waals surface area contributed by atoms with E-state index >= 15 is 0 Å². The zero-order chi connectivity index (χ0) is 44.2. The highest BCUT2D eigenvalue weighted by atomic mass is 19.1. The van der Waals surface area contributed by atoms with E-state index in [0.717, 1.165) is 64.6 Å². The number of hydrogen-bond acceptors (Lipinski definition) is 7. The number of rotatable bonds is 14. The molecule has 8 rings (SSSR count). The molecule has 4 aromatic carbocycles. The van der Waals surface area contributed by atoms with Gasteiger partial charge in [0.2, 0.25) is 0 Å². The van der Waals surface area contributed by atoms with Crippen LogP contribution in [-0.2, 0) is 0 Å². The Bertz CT molecular complexity index is 2450. The maximum absolute atomic E-state index is 13.1. The molecule has 0 radical (unpaired) electrons. The van der Waals surface area contributed by atoms with Crippen LogP contribution in [0, 0.1) is 32.9 Å². The zero-order valence-electron chi connectivity index (χ0n) is 37.2. The summed E-state index contributed by atoms with van der Waals surface area (Å²) in [7, 11) is 2.26. The fourth-order valence-electron chi connectivity index (χ4n) is 7.86. The molecule has 4 heterocycles. The summed E-state index contributed by atoms with van der Waals surface area (Å²) in [5.74, 6) is 1.66. The average Bonchev–Trinajstić information content (AvgIpc) is 3.98. The van der Waals surface area contributed by atoms with Gasteiger partial charge in [-0.2, -0.15) is 0 Å². The van der Waals surface area contributed by atoms with Gasteiger partial charge in [-0.05, 0) is 161 Å². The summed E-state index contributed by atoms with van der Waals surface area (Å²) in [4.78, 5) is 36.9. The van der Waals surface area contributed by atoms with Crippen LogP contribution in [0.25, 0.3) is 22.5 Å². The van der Waals surface area contributed by atoms with E-state index in [9.17, 15) is 18.4 Å². The number of aromatic nitrogens is 2. The molecule has 2 saturated heterocycles. The van der Waals surface area contributed by atoms with Crippen molar-refractivity contribution in [3.05, 3.63) is 163 Å². The van der Waals surface area contributed by atoms with Crippen molar-refractivity contribution in [3.8, 4) is 45.5 Å². The molecule has 0 unspecified atom stereocenters. The van der Waals surface area contributed by atoms with Crippen molar-refractivity contribution in [1.29, 1.82) is 0 Å². The highest BCUT2D eigenvalue weighted by molar-refractivity contribution is 5.96. The Morgan fingerprint density at radius 3 is 1.41 bits per heavy atom. The Kier molecular flexibility index (Phi) is 16.3. The molecule has 10 nitrogen and oxygen atoms in total. The van der Waals surface area contributed by atoms with Crippen LogP contribution in [-0.4, -0.2) is 90.6 Å². The normalized spacial score (nSPS) is 14.1. The molecular weight excluding hydrogens is 811 g/mol. The number of ether oxygens (including phenoxy) is 2. The van der Waals surface area contributed by atoms with Crippen molar-refractivity contribution >= 4 is 11.8 Å². The number of likely N-dealkylation sites (N-methyl/N-ethyl adjacent to an activating group) is 1. The van der Waals surface area contributed by atoms with Gasteiger partial charge in [0.25, 0.3) is 11.8 Å². The summed E-state index contributed by atoms with van der Waals surface area (Å²) in [6.45, 7) is 11.6. The summed E-state index contributed by atoms with van der Waals surface area (Å²) >= 11 is 0.